The molecule has 0 aliphatic carbocycles. The number of nitrogens with one attached hydrogen (secondary N) is 1. The van der Waals surface area contributed by atoms with Gasteiger partial charge in [0.25, 0.3) is 0 Å². The van der Waals surface area contributed by atoms with E-state index in [0.29, 0.717) is 19.4 Å². The summed E-state index contributed by atoms with van der Waals surface area (Å²) in [6.07, 6.45) is 3.62. The quantitative estimate of drug-likeness (QED) is 0.739. The van der Waals surface area contributed by atoms with Gasteiger partial charge < -0.3 is 15.0 Å². The minimum Gasteiger partial charge on any atom is -0.396 e. The molecule has 5 heteroatoms. The SMILES string of the molecule is O=C(CCCO)NCCCn1cnc2ccccc21. The molecule has 0 radical (unpaired) electrons. The first kappa shape index (κ1) is 13.5. The second-order valence-corrected chi connectivity index (χ2v) is 4.46. The standard InChI is InChI=1S/C14H19N3O2/c18-10-3-7-14(19)15-8-4-9-17-11-16-12-5-1-2-6-13(12)17/h1-2,5-6,11,18H,3-4,7-10H2,(H,15,19). The molecule has 0 saturated heterocycles. The van der Waals surface area contributed by atoms with Crippen LogP contribution in [0.3, 0.4) is 0 Å². The van der Waals surface area contributed by atoms with E-state index in [1.165, 1.54) is 0 Å². The summed E-state index contributed by atoms with van der Waals surface area (Å²) in [5.74, 6) is 0.00420. The molecule has 5 nitrogen and oxygen atoms in total. The Morgan fingerprint density at radius 1 is 1.32 bits per heavy atom. The fraction of sp³-hybridized carbons (Fsp3) is 0.429. The number of aliphatic hydroxyl groups is 1. The highest BCUT2D eigenvalue weighted by atomic mass is 16.3. The number of benzene rings is 1. The monoisotopic (exact) mass is 261 g/mol. The van der Waals surface area contributed by atoms with Gasteiger partial charge in [0, 0.05) is 26.1 Å². The van der Waals surface area contributed by atoms with Crippen LogP contribution in [-0.4, -0.2) is 33.7 Å². The number of aryl methyl sites for hydroxylation is 1. The van der Waals surface area contributed by atoms with Crippen LogP contribution in [0.1, 0.15) is 19.3 Å². The molecule has 0 spiro atoms. The fourth-order valence-electron chi connectivity index (χ4n) is 1.99. The minimum atomic E-state index is 0.00420. The zero-order valence-corrected chi connectivity index (χ0v) is 10.9. The predicted molar refractivity (Wildman–Crippen MR) is 73.7 cm³/mol. The van der Waals surface area contributed by atoms with Crippen molar-refractivity contribution in [1.82, 2.24) is 14.9 Å². The Labute approximate surface area is 112 Å². The molecule has 2 rings (SSSR count). The second kappa shape index (κ2) is 6.89. The smallest absolute Gasteiger partial charge is 0.220 e. The largest absolute Gasteiger partial charge is 0.396 e. The van der Waals surface area contributed by atoms with Crippen molar-refractivity contribution in [3.63, 3.8) is 0 Å². The van der Waals surface area contributed by atoms with E-state index in [2.05, 4.69) is 14.9 Å². The van der Waals surface area contributed by atoms with E-state index in [4.69, 9.17) is 5.11 Å². The number of imidazole rings is 1. The van der Waals surface area contributed by atoms with E-state index >= 15 is 0 Å². The Balaban J connectivity index is 1.75. The maximum atomic E-state index is 11.3. The molecule has 0 atom stereocenters. The maximum absolute atomic E-state index is 11.3. The van der Waals surface area contributed by atoms with Crippen molar-refractivity contribution in [2.24, 2.45) is 0 Å². The van der Waals surface area contributed by atoms with E-state index in [1.54, 1.807) is 0 Å². The summed E-state index contributed by atoms with van der Waals surface area (Å²) in [6, 6.07) is 8.00. The number of fused-ring (bicyclic) bond motifs is 1. The van der Waals surface area contributed by atoms with Gasteiger partial charge in [-0.2, -0.15) is 0 Å². The molecule has 19 heavy (non-hydrogen) atoms. The van der Waals surface area contributed by atoms with Gasteiger partial charge in [0.1, 0.15) is 0 Å². The molecule has 2 N–H and O–H groups in total. The molecule has 0 aliphatic rings. The van der Waals surface area contributed by atoms with Crippen LogP contribution >= 0.6 is 0 Å². The molecule has 0 saturated carbocycles. The Morgan fingerprint density at radius 3 is 3.00 bits per heavy atom. The lowest BCUT2D eigenvalue weighted by Crippen LogP contribution is -2.25. The first-order chi connectivity index (χ1) is 9.31. The van der Waals surface area contributed by atoms with E-state index < -0.39 is 0 Å². The van der Waals surface area contributed by atoms with E-state index in [-0.39, 0.29) is 12.5 Å². The summed E-state index contributed by atoms with van der Waals surface area (Å²) in [4.78, 5) is 15.7. The number of hydrogen-bond acceptors (Lipinski definition) is 3. The Morgan fingerprint density at radius 2 is 2.16 bits per heavy atom. The first-order valence-electron chi connectivity index (χ1n) is 6.58. The molecular weight excluding hydrogens is 242 g/mol. The molecule has 1 aromatic heterocycles. The highest BCUT2D eigenvalue weighted by molar-refractivity contribution is 5.76. The van der Waals surface area contributed by atoms with Crippen molar-refractivity contribution < 1.29 is 9.90 Å². The van der Waals surface area contributed by atoms with Gasteiger partial charge in [-0.3, -0.25) is 4.79 Å². The van der Waals surface area contributed by atoms with E-state index in [9.17, 15) is 4.79 Å². The van der Waals surface area contributed by atoms with Crippen molar-refractivity contribution in [2.75, 3.05) is 13.2 Å². The molecule has 0 fully saturated rings. The van der Waals surface area contributed by atoms with Crippen molar-refractivity contribution in [2.45, 2.75) is 25.8 Å². The van der Waals surface area contributed by atoms with Crippen LogP contribution in [0.4, 0.5) is 0 Å². The Bertz CT molecular complexity index is 536. The molecular formula is C14H19N3O2. The number of nitrogens with zero attached hydrogens (tertiary/aromatic N) is 2. The van der Waals surface area contributed by atoms with Gasteiger partial charge in [0.2, 0.25) is 5.91 Å². The fourth-order valence-corrected chi connectivity index (χ4v) is 1.99. The summed E-state index contributed by atoms with van der Waals surface area (Å²) < 4.78 is 2.09. The topological polar surface area (TPSA) is 67.2 Å². The maximum Gasteiger partial charge on any atom is 0.220 e. The predicted octanol–water partition coefficient (Wildman–Crippen LogP) is 1.32. The Hall–Kier alpha value is -1.88. The molecule has 0 aliphatic heterocycles. The summed E-state index contributed by atoms with van der Waals surface area (Å²) in [7, 11) is 0. The number of hydrogen-bond donors (Lipinski definition) is 2. The van der Waals surface area contributed by atoms with Crippen LogP contribution in [0.15, 0.2) is 30.6 Å². The molecule has 0 bridgehead atoms. The van der Waals surface area contributed by atoms with Gasteiger partial charge >= 0.3 is 0 Å². The van der Waals surface area contributed by atoms with Crippen LogP contribution in [-0.2, 0) is 11.3 Å². The minimum absolute atomic E-state index is 0.00420. The summed E-state index contributed by atoms with van der Waals surface area (Å²) in [5, 5.41) is 11.5. The van der Waals surface area contributed by atoms with Gasteiger partial charge in [-0.05, 0) is 25.0 Å². The van der Waals surface area contributed by atoms with Crippen LogP contribution in [0, 0.1) is 0 Å². The molecule has 0 unspecified atom stereocenters. The summed E-state index contributed by atoms with van der Waals surface area (Å²) in [5.41, 5.74) is 2.11. The summed E-state index contributed by atoms with van der Waals surface area (Å²) >= 11 is 0. The third-order valence-electron chi connectivity index (χ3n) is 2.99. The molecule has 1 heterocycles. The highest BCUT2D eigenvalue weighted by Crippen LogP contribution is 2.11. The molecule has 102 valence electrons. The average molecular weight is 261 g/mol. The number of para-hydroxylation sites is 2. The van der Waals surface area contributed by atoms with E-state index in [0.717, 1.165) is 24.0 Å². The summed E-state index contributed by atoms with van der Waals surface area (Å²) in [6.45, 7) is 1.55. The molecule has 2 aromatic rings. The van der Waals surface area contributed by atoms with Crippen molar-refractivity contribution in [1.29, 1.82) is 0 Å². The second-order valence-electron chi connectivity index (χ2n) is 4.46. The lowest BCUT2D eigenvalue weighted by atomic mass is 10.3. The Kier molecular flexibility index (Phi) is 4.92. The lowest BCUT2D eigenvalue weighted by molar-refractivity contribution is -0.121. The number of carbonyl (C=O) groups is 1. The number of aliphatic hydroxyl groups excluding tert-OH is 1. The van der Waals surface area contributed by atoms with Crippen LogP contribution in [0.25, 0.3) is 11.0 Å². The van der Waals surface area contributed by atoms with Crippen LogP contribution < -0.4 is 5.32 Å². The zero-order valence-electron chi connectivity index (χ0n) is 10.9. The molecule has 1 amide bonds. The van der Waals surface area contributed by atoms with Gasteiger partial charge in [-0.15, -0.1) is 0 Å². The van der Waals surface area contributed by atoms with Gasteiger partial charge in [0.15, 0.2) is 0 Å². The molecule has 1 aromatic carbocycles. The van der Waals surface area contributed by atoms with E-state index in [1.807, 2.05) is 30.6 Å². The third kappa shape index (κ3) is 3.79. The van der Waals surface area contributed by atoms with Gasteiger partial charge in [-0.25, -0.2) is 4.98 Å². The van der Waals surface area contributed by atoms with Gasteiger partial charge in [-0.1, -0.05) is 12.1 Å². The number of amides is 1. The van der Waals surface area contributed by atoms with Gasteiger partial charge in [0.05, 0.1) is 17.4 Å². The number of rotatable bonds is 7. The average Bonchev–Trinajstić information content (AvgIpc) is 2.85. The van der Waals surface area contributed by atoms with Crippen molar-refractivity contribution >= 4 is 16.9 Å². The number of aromatic nitrogens is 2. The van der Waals surface area contributed by atoms with Crippen LogP contribution in [0.2, 0.25) is 0 Å². The normalized spacial score (nSPS) is 10.8. The number of carbonyl (C=O) groups excluding carboxylic acids is 1. The lowest BCUT2D eigenvalue weighted by Gasteiger charge is -2.06. The first-order valence-corrected chi connectivity index (χ1v) is 6.58. The van der Waals surface area contributed by atoms with Crippen molar-refractivity contribution in [3.05, 3.63) is 30.6 Å². The highest BCUT2D eigenvalue weighted by Gasteiger charge is 2.02. The van der Waals surface area contributed by atoms with Crippen LogP contribution in [0.5, 0.6) is 0 Å². The third-order valence-corrected chi connectivity index (χ3v) is 2.99. The van der Waals surface area contributed by atoms with Crippen molar-refractivity contribution in [3.8, 4) is 0 Å². The zero-order chi connectivity index (χ0) is 13.5.